The van der Waals surface area contributed by atoms with Gasteiger partial charge < -0.3 is 15.4 Å². The number of rotatable bonds is 7. The zero-order chi connectivity index (χ0) is 20.6. The Bertz CT molecular complexity index is 823. The number of hydrogen-bond donors (Lipinski definition) is 2. The lowest BCUT2D eigenvalue weighted by atomic mass is 10.0. The quantitative estimate of drug-likeness (QED) is 0.314. The Morgan fingerprint density at radius 1 is 1.37 bits per heavy atom. The molecule has 0 radical (unpaired) electrons. The molecule has 0 unspecified atom stereocenters. The summed E-state index contributed by atoms with van der Waals surface area (Å²) in [6, 6.07) is 5.58. The number of benzene rings is 1. The topological polar surface area (TPSA) is 61.8 Å². The van der Waals surface area contributed by atoms with Gasteiger partial charge in [-0.25, -0.2) is 9.37 Å². The van der Waals surface area contributed by atoms with Gasteiger partial charge in [-0.15, -0.1) is 35.3 Å². The highest BCUT2D eigenvalue weighted by Crippen LogP contribution is 2.20. The standard InChI is InChI=1S/C21H30FN5OS.HI/c1-4-17-12-24-20(29-17)13-25-21(23-2)26-16-7-9-27(10-8-16)14-15-5-6-19(28-3)18(22)11-15;/h5-6,11-12,16H,4,7-10,13-14H2,1-3H3,(H2,23,25,26);1H. The van der Waals surface area contributed by atoms with Crippen LogP contribution in [0, 0.1) is 5.82 Å². The largest absolute Gasteiger partial charge is 0.494 e. The number of hydrogen-bond acceptors (Lipinski definition) is 5. The second kappa shape index (κ2) is 12.4. The Hall–Kier alpha value is -1.46. The molecule has 3 rings (SSSR count). The van der Waals surface area contributed by atoms with E-state index in [1.165, 1.54) is 12.0 Å². The minimum Gasteiger partial charge on any atom is -0.494 e. The van der Waals surface area contributed by atoms with Gasteiger partial charge in [0.2, 0.25) is 0 Å². The number of likely N-dealkylation sites (tertiary alicyclic amines) is 1. The molecule has 6 nitrogen and oxygen atoms in total. The van der Waals surface area contributed by atoms with Crippen molar-refractivity contribution in [1.82, 2.24) is 20.5 Å². The molecule has 1 aromatic carbocycles. The number of nitrogens with one attached hydrogen (secondary N) is 2. The number of ether oxygens (including phenoxy) is 1. The second-order valence-corrected chi connectivity index (χ2v) is 8.36. The van der Waals surface area contributed by atoms with Crippen molar-refractivity contribution in [2.24, 2.45) is 4.99 Å². The number of nitrogens with zero attached hydrogens (tertiary/aromatic N) is 3. The Kier molecular flexibility index (Phi) is 10.3. The zero-order valence-corrected chi connectivity index (χ0v) is 20.9. The first-order valence-corrected chi connectivity index (χ1v) is 10.9. The third-order valence-corrected chi connectivity index (χ3v) is 6.27. The molecule has 30 heavy (non-hydrogen) atoms. The summed E-state index contributed by atoms with van der Waals surface area (Å²) in [6.07, 6.45) is 5.02. The Balaban J connectivity index is 0.00000320. The summed E-state index contributed by atoms with van der Waals surface area (Å²) in [5, 5.41) is 7.95. The van der Waals surface area contributed by atoms with Crippen molar-refractivity contribution in [3.05, 3.63) is 45.7 Å². The number of thiazole rings is 1. The van der Waals surface area contributed by atoms with Gasteiger partial charge in [0.25, 0.3) is 0 Å². The van der Waals surface area contributed by atoms with E-state index in [4.69, 9.17) is 4.74 Å². The van der Waals surface area contributed by atoms with Crippen LogP contribution in [0.15, 0.2) is 29.4 Å². The van der Waals surface area contributed by atoms with Crippen LogP contribution in [0.5, 0.6) is 5.75 Å². The van der Waals surface area contributed by atoms with Crippen LogP contribution in [0.1, 0.15) is 35.2 Å². The first-order valence-electron chi connectivity index (χ1n) is 10.1. The first kappa shape index (κ1) is 24.8. The summed E-state index contributed by atoms with van der Waals surface area (Å²) >= 11 is 1.74. The molecular weight excluding hydrogens is 516 g/mol. The molecule has 2 N–H and O–H groups in total. The van der Waals surface area contributed by atoms with E-state index >= 15 is 0 Å². The molecule has 1 fully saturated rings. The monoisotopic (exact) mass is 547 g/mol. The molecule has 2 aromatic rings. The van der Waals surface area contributed by atoms with E-state index in [2.05, 4.69) is 32.4 Å². The van der Waals surface area contributed by atoms with Gasteiger partial charge in [0.05, 0.1) is 13.7 Å². The molecule has 0 spiro atoms. The van der Waals surface area contributed by atoms with Crippen molar-refractivity contribution in [3.8, 4) is 5.75 Å². The van der Waals surface area contributed by atoms with Crippen molar-refractivity contribution in [2.75, 3.05) is 27.2 Å². The van der Waals surface area contributed by atoms with E-state index in [1.807, 2.05) is 12.3 Å². The molecule has 9 heteroatoms. The van der Waals surface area contributed by atoms with Gasteiger partial charge in [-0.1, -0.05) is 13.0 Å². The summed E-state index contributed by atoms with van der Waals surface area (Å²) in [7, 11) is 3.28. The van der Waals surface area contributed by atoms with Gasteiger partial charge in [-0.2, -0.15) is 0 Å². The average Bonchev–Trinajstić information content (AvgIpc) is 3.20. The molecule has 1 saturated heterocycles. The number of halogens is 2. The summed E-state index contributed by atoms with van der Waals surface area (Å²) < 4.78 is 18.9. The predicted octanol–water partition coefficient (Wildman–Crippen LogP) is 3.80. The summed E-state index contributed by atoms with van der Waals surface area (Å²) in [6.45, 7) is 5.52. The highest BCUT2D eigenvalue weighted by Gasteiger charge is 2.20. The Morgan fingerprint density at radius 3 is 2.73 bits per heavy atom. The van der Waals surface area contributed by atoms with Gasteiger partial charge >= 0.3 is 0 Å². The molecule has 1 aromatic heterocycles. The number of piperidine rings is 1. The van der Waals surface area contributed by atoms with E-state index in [0.717, 1.165) is 55.4 Å². The highest BCUT2D eigenvalue weighted by atomic mass is 127. The smallest absolute Gasteiger partial charge is 0.191 e. The highest BCUT2D eigenvalue weighted by molar-refractivity contribution is 14.0. The molecule has 1 aliphatic rings. The fourth-order valence-electron chi connectivity index (χ4n) is 3.44. The summed E-state index contributed by atoms with van der Waals surface area (Å²) in [5.74, 6) is 0.802. The Labute approximate surface area is 199 Å². The van der Waals surface area contributed by atoms with Crippen molar-refractivity contribution in [3.63, 3.8) is 0 Å². The summed E-state index contributed by atoms with van der Waals surface area (Å²) in [5.41, 5.74) is 0.974. The lowest BCUT2D eigenvalue weighted by Gasteiger charge is -2.33. The fourth-order valence-corrected chi connectivity index (χ4v) is 4.24. The van der Waals surface area contributed by atoms with Crippen LogP contribution in [0.3, 0.4) is 0 Å². The van der Waals surface area contributed by atoms with E-state index in [-0.39, 0.29) is 29.8 Å². The van der Waals surface area contributed by atoms with Crippen LogP contribution >= 0.6 is 35.3 Å². The number of aromatic nitrogens is 1. The fraction of sp³-hybridized carbons (Fsp3) is 0.524. The van der Waals surface area contributed by atoms with Gasteiger partial charge in [-0.3, -0.25) is 9.89 Å². The molecule has 0 atom stereocenters. The number of guanidine groups is 1. The molecule has 1 aliphatic heterocycles. The maximum absolute atomic E-state index is 13.9. The SMILES string of the molecule is CCc1cnc(CNC(=NC)NC2CCN(Cc3ccc(OC)c(F)c3)CC2)s1.I. The minimum atomic E-state index is -0.303. The van der Waals surface area contributed by atoms with Crippen molar-refractivity contribution < 1.29 is 9.13 Å². The van der Waals surface area contributed by atoms with Crippen LogP contribution in [-0.4, -0.2) is 49.1 Å². The molecule has 0 amide bonds. The minimum absolute atomic E-state index is 0. The van der Waals surface area contributed by atoms with Gasteiger partial charge in [0.15, 0.2) is 17.5 Å². The molecular formula is C21H31FIN5OS. The van der Waals surface area contributed by atoms with Crippen molar-refractivity contribution in [2.45, 2.75) is 45.3 Å². The lowest BCUT2D eigenvalue weighted by molar-refractivity contribution is 0.198. The van der Waals surface area contributed by atoms with Crippen LogP contribution in [0.25, 0.3) is 0 Å². The third-order valence-electron chi connectivity index (χ3n) is 5.13. The number of aliphatic imine (C=N–C) groups is 1. The van der Waals surface area contributed by atoms with E-state index < -0.39 is 0 Å². The maximum atomic E-state index is 13.9. The van der Waals surface area contributed by atoms with Crippen LogP contribution in [0.4, 0.5) is 4.39 Å². The van der Waals surface area contributed by atoms with Crippen molar-refractivity contribution in [1.29, 1.82) is 0 Å². The molecule has 2 heterocycles. The first-order chi connectivity index (χ1) is 14.1. The predicted molar refractivity (Wildman–Crippen MR) is 131 cm³/mol. The number of methoxy groups -OCH3 is 1. The van der Waals surface area contributed by atoms with Gasteiger partial charge in [0.1, 0.15) is 5.01 Å². The van der Waals surface area contributed by atoms with E-state index in [0.29, 0.717) is 18.3 Å². The summed E-state index contributed by atoms with van der Waals surface area (Å²) in [4.78, 5) is 12.4. The third kappa shape index (κ3) is 7.05. The van der Waals surface area contributed by atoms with Gasteiger partial charge in [0, 0.05) is 43.8 Å². The average molecular weight is 547 g/mol. The maximum Gasteiger partial charge on any atom is 0.191 e. The molecule has 0 aliphatic carbocycles. The Morgan fingerprint density at radius 2 is 2.13 bits per heavy atom. The van der Waals surface area contributed by atoms with E-state index in [9.17, 15) is 4.39 Å². The van der Waals surface area contributed by atoms with Crippen LogP contribution in [-0.2, 0) is 19.5 Å². The second-order valence-electron chi connectivity index (χ2n) is 7.16. The van der Waals surface area contributed by atoms with Gasteiger partial charge in [-0.05, 0) is 37.0 Å². The number of aryl methyl sites for hydroxylation is 1. The van der Waals surface area contributed by atoms with Crippen molar-refractivity contribution >= 4 is 41.3 Å². The molecule has 0 bridgehead atoms. The molecule has 0 saturated carbocycles. The van der Waals surface area contributed by atoms with Crippen LogP contribution < -0.4 is 15.4 Å². The van der Waals surface area contributed by atoms with E-state index in [1.54, 1.807) is 30.5 Å². The normalized spacial score (nSPS) is 15.5. The van der Waals surface area contributed by atoms with Crippen LogP contribution in [0.2, 0.25) is 0 Å². The lowest BCUT2D eigenvalue weighted by Crippen LogP contribution is -2.48. The zero-order valence-electron chi connectivity index (χ0n) is 17.8. The molecule has 166 valence electrons.